The lowest BCUT2D eigenvalue weighted by atomic mass is 10.1. The van der Waals surface area contributed by atoms with Crippen molar-refractivity contribution in [3.05, 3.63) is 65.7 Å². The van der Waals surface area contributed by atoms with E-state index in [0.717, 1.165) is 12.1 Å². The summed E-state index contributed by atoms with van der Waals surface area (Å²) in [5.41, 5.74) is 0.615. The summed E-state index contributed by atoms with van der Waals surface area (Å²) < 4.78 is 26.0. The molecule has 0 aromatic heterocycles. The number of nitrogens with zero attached hydrogens (tertiary/aromatic N) is 1. The molecule has 1 heterocycles. The number of benzene rings is 2. The molecular weight excluding hydrogens is 356 g/mol. The van der Waals surface area contributed by atoms with Gasteiger partial charge in [0.25, 0.3) is 5.91 Å². The molecule has 1 aliphatic rings. The van der Waals surface area contributed by atoms with Gasteiger partial charge in [0.05, 0.1) is 6.42 Å². The molecule has 0 aliphatic carbocycles. The highest BCUT2D eigenvalue weighted by molar-refractivity contribution is 6.01. The van der Waals surface area contributed by atoms with E-state index in [4.69, 9.17) is 0 Å². The monoisotopic (exact) mass is 373 g/mol. The van der Waals surface area contributed by atoms with Crippen molar-refractivity contribution in [2.24, 2.45) is 0 Å². The van der Waals surface area contributed by atoms with Crippen LogP contribution in [0.25, 0.3) is 0 Å². The van der Waals surface area contributed by atoms with Crippen LogP contribution in [0.2, 0.25) is 0 Å². The number of carbonyl (C=O) groups is 3. The number of hydrogen-bond donors (Lipinski definition) is 2. The summed E-state index contributed by atoms with van der Waals surface area (Å²) in [5.74, 6) is -2.29. The smallest absolute Gasteiger partial charge is 0.254 e. The summed E-state index contributed by atoms with van der Waals surface area (Å²) in [6.07, 6.45) is -0.254. The average molecular weight is 373 g/mol. The molecule has 0 unspecified atom stereocenters. The summed E-state index contributed by atoms with van der Waals surface area (Å²) in [6.45, 7) is 0.498. The quantitative estimate of drug-likeness (QED) is 0.860. The second kappa shape index (κ2) is 7.94. The highest BCUT2D eigenvalue weighted by atomic mass is 19.1. The lowest BCUT2D eigenvalue weighted by Gasteiger charge is -2.34. The molecule has 8 heteroatoms. The fourth-order valence-corrected chi connectivity index (χ4v) is 2.84. The van der Waals surface area contributed by atoms with E-state index in [1.54, 1.807) is 0 Å². The fraction of sp³-hybridized carbons (Fsp3) is 0.211. The van der Waals surface area contributed by atoms with Crippen LogP contribution in [-0.2, 0) is 9.59 Å². The number of anilines is 1. The third-order valence-electron chi connectivity index (χ3n) is 4.19. The maximum absolute atomic E-state index is 13.1. The molecule has 0 radical (unpaired) electrons. The van der Waals surface area contributed by atoms with E-state index < -0.39 is 35.4 Å². The summed E-state index contributed by atoms with van der Waals surface area (Å²) in [4.78, 5) is 38.5. The number of amides is 3. The Morgan fingerprint density at radius 1 is 1.04 bits per heavy atom. The first-order valence-electron chi connectivity index (χ1n) is 8.34. The van der Waals surface area contributed by atoms with Gasteiger partial charge in [-0.1, -0.05) is 0 Å². The van der Waals surface area contributed by atoms with E-state index in [0.29, 0.717) is 5.69 Å². The summed E-state index contributed by atoms with van der Waals surface area (Å²) in [6, 6.07) is 9.20. The molecule has 1 atom stereocenters. The fourth-order valence-electron chi connectivity index (χ4n) is 2.84. The Balaban J connectivity index is 1.72. The minimum atomic E-state index is -0.989. The number of halogens is 2. The number of piperazine rings is 1. The van der Waals surface area contributed by atoms with Crippen LogP contribution in [0.4, 0.5) is 14.5 Å². The zero-order chi connectivity index (χ0) is 19.4. The van der Waals surface area contributed by atoms with Crippen molar-refractivity contribution < 1.29 is 23.2 Å². The van der Waals surface area contributed by atoms with Crippen LogP contribution in [0.5, 0.6) is 0 Å². The third kappa shape index (κ3) is 4.46. The molecule has 3 amide bonds. The lowest BCUT2D eigenvalue weighted by molar-refractivity contribution is -0.131. The second-order valence-electron chi connectivity index (χ2n) is 6.07. The minimum Gasteiger partial charge on any atom is -0.353 e. The molecule has 140 valence electrons. The lowest BCUT2D eigenvalue weighted by Crippen LogP contribution is -2.58. The molecule has 2 aromatic rings. The first-order chi connectivity index (χ1) is 12.9. The Labute approximate surface area is 154 Å². The number of carbonyl (C=O) groups excluding carboxylic acids is 3. The maximum Gasteiger partial charge on any atom is 0.254 e. The molecule has 0 saturated carbocycles. The van der Waals surface area contributed by atoms with Crippen LogP contribution in [0, 0.1) is 11.6 Å². The molecule has 2 N–H and O–H groups in total. The van der Waals surface area contributed by atoms with Gasteiger partial charge >= 0.3 is 0 Å². The van der Waals surface area contributed by atoms with E-state index in [1.165, 1.54) is 41.3 Å². The number of nitrogens with one attached hydrogen (secondary N) is 2. The Kier molecular flexibility index (Phi) is 5.44. The maximum atomic E-state index is 13.1. The van der Waals surface area contributed by atoms with Crippen molar-refractivity contribution in [3.63, 3.8) is 0 Å². The molecule has 6 nitrogen and oxygen atoms in total. The van der Waals surface area contributed by atoms with Gasteiger partial charge in [-0.25, -0.2) is 8.78 Å². The molecule has 0 bridgehead atoms. The van der Waals surface area contributed by atoms with Crippen molar-refractivity contribution in [1.29, 1.82) is 0 Å². The summed E-state index contributed by atoms with van der Waals surface area (Å²) in [7, 11) is 0. The Morgan fingerprint density at radius 3 is 2.26 bits per heavy atom. The van der Waals surface area contributed by atoms with Gasteiger partial charge < -0.3 is 15.5 Å². The van der Waals surface area contributed by atoms with Gasteiger partial charge in [-0.3, -0.25) is 14.4 Å². The Bertz CT molecular complexity index is 854. The van der Waals surface area contributed by atoms with Crippen LogP contribution < -0.4 is 10.6 Å². The van der Waals surface area contributed by atoms with E-state index in [9.17, 15) is 23.2 Å². The second-order valence-corrected chi connectivity index (χ2v) is 6.07. The zero-order valence-corrected chi connectivity index (χ0v) is 14.2. The molecular formula is C19H17F2N3O3. The van der Waals surface area contributed by atoms with Crippen molar-refractivity contribution in [3.8, 4) is 0 Å². The molecule has 0 spiro atoms. The molecule has 1 saturated heterocycles. The van der Waals surface area contributed by atoms with Gasteiger partial charge in [0, 0.05) is 24.3 Å². The van der Waals surface area contributed by atoms with E-state index >= 15 is 0 Å². The summed E-state index contributed by atoms with van der Waals surface area (Å²) >= 11 is 0. The first kappa shape index (κ1) is 18.5. The molecule has 1 fully saturated rings. The molecule has 27 heavy (non-hydrogen) atoms. The molecule has 1 aliphatic heterocycles. The van der Waals surface area contributed by atoms with Crippen LogP contribution >= 0.6 is 0 Å². The largest absolute Gasteiger partial charge is 0.353 e. The van der Waals surface area contributed by atoms with Gasteiger partial charge in [-0.05, 0) is 48.5 Å². The number of hydrogen-bond acceptors (Lipinski definition) is 3. The van der Waals surface area contributed by atoms with Crippen molar-refractivity contribution in [2.45, 2.75) is 12.5 Å². The van der Waals surface area contributed by atoms with Gasteiger partial charge in [-0.2, -0.15) is 0 Å². The van der Waals surface area contributed by atoms with Gasteiger partial charge in [-0.15, -0.1) is 0 Å². The van der Waals surface area contributed by atoms with Crippen molar-refractivity contribution >= 4 is 23.4 Å². The van der Waals surface area contributed by atoms with Crippen LogP contribution in [-0.4, -0.2) is 41.8 Å². The van der Waals surface area contributed by atoms with E-state index in [-0.39, 0.29) is 25.1 Å². The SMILES string of the molecule is O=C(C[C@H]1C(=O)NCCN1C(=O)c1ccc(F)cc1)Nc1ccc(F)cc1. The third-order valence-corrected chi connectivity index (χ3v) is 4.19. The predicted molar refractivity (Wildman–Crippen MR) is 93.9 cm³/mol. The Morgan fingerprint density at radius 2 is 1.63 bits per heavy atom. The molecule has 3 rings (SSSR count). The van der Waals surface area contributed by atoms with E-state index in [2.05, 4.69) is 10.6 Å². The van der Waals surface area contributed by atoms with E-state index in [1.807, 2.05) is 0 Å². The number of rotatable bonds is 4. The highest BCUT2D eigenvalue weighted by Gasteiger charge is 2.35. The Hall–Kier alpha value is -3.29. The van der Waals surface area contributed by atoms with Crippen molar-refractivity contribution in [2.75, 3.05) is 18.4 Å². The molecule has 2 aromatic carbocycles. The minimum absolute atomic E-state index is 0.232. The first-order valence-corrected chi connectivity index (χ1v) is 8.34. The van der Waals surface area contributed by atoms with Gasteiger partial charge in [0.1, 0.15) is 17.7 Å². The highest BCUT2D eigenvalue weighted by Crippen LogP contribution is 2.16. The van der Waals surface area contributed by atoms with Crippen LogP contribution in [0.15, 0.2) is 48.5 Å². The van der Waals surface area contributed by atoms with Crippen LogP contribution in [0.3, 0.4) is 0 Å². The summed E-state index contributed by atoms with van der Waals surface area (Å²) in [5, 5.41) is 5.20. The normalized spacial score (nSPS) is 16.6. The topological polar surface area (TPSA) is 78.5 Å². The zero-order valence-electron chi connectivity index (χ0n) is 14.2. The predicted octanol–water partition coefficient (Wildman–Crippen LogP) is 1.93. The van der Waals surface area contributed by atoms with Gasteiger partial charge in [0.2, 0.25) is 11.8 Å². The van der Waals surface area contributed by atoms with Gasteiger partial charge in [0.15, 0.2) is 0 Å². The van der Waals surface area contributed by atoms with Crippen LogP contribution in [0.1, 0.15) is 16.8 Å². The standard InChI is InChI=1S/C19H17F2N3O3/c20-13-3-1-12(2-4-13)19(27)24-10-9-22-18(26)16(24)11-17(25)23-15-7-5-14(21)6-8-15/h1-8,16H,9-11H2,(H,22,26)(H,23,25)/t16-/m0/s1. The van der Waals surface area contributed by atoms with Crippen molar-refractivity contribution in [1.82, 2.24) is 10.2 Å². The average Bonchev–Trinajstić information content (AvgIpc) is 2.65.